The Hall–Kier alpha value is -4.96. The van der Waals surface area contributed by atoms with E-state index in [2.05, 4.69) is 67.0 Å². The Morgan fingerprint density at radius 2 is 1.08 bits per heavy atom. The van der Waals surface area contributed by atoms with Crippen LogP contribution in [-0.4, -0.2) is 7.11 Å². The monoisotopic (exact) mass is 488 g/mol. The second-order valence-electron chi connectivity index (χ2n) is 7.73. The lowest BCUT2D eigenvalue weighted by Crippen LogP contribution is -2.17. The van der Waals surface area contributed by atoms with Crippen LogP contribution in [0.5, 0.6) is 11.5 Å². The van der Waals surface area contributed by atoms with E-state index in [-0.39, 0.29) is 0 Å². The quantitative estimate of drug-likeness (QED) is 0.177. The zero-order chi connectivity index (χ0) is 26.6. The van der Waals surface area contributed by atoms with Gasteiger partial charge < -0.3 is 19.3 Å². The van der Waals surface area contributed by atoms with Crippen molar-refractivity contribution in [2.45, 2.75) is 0 Å². The molecule has 0 aliphatic rings. The summed E-state index contributed by atoms with van der Waals surface area (Å²) in [5, 5.41) is 0. The van der Waals surface area contributed by atoms with Crippen LogP contribution in [0.4, 0.5) is 22.7 Å². The van der Waals surface area contributed by atoms with Crippen molar-refractivity contribution < 1.29 is 9.47 Å². The minimum absolute atomic E-state index is 0.686. The van der Waals surface area contributed by atoms with Gasteiger partial charge in [-0.25, -0.2) is 0 Å². The SMILES string of the molecule is C=C/C=C(\C=C)N(c1ccc(N(/C(C=C)=C/C=C)c2cccc(OC=C)c2)cc1)c1cccc(OC)c1. The third-order valence-electron chi connectivity index (χ3n) is 5.48. The van der Waals surface area contributed by atoms with Crippen molar-refractivity contribution in [3.63, 3.8) is 0 Å². The summed E-state index contributed by atoms with van der Waals surface area (Å²) in [6, 6.07) is 23.9. The predicted octanol–water partition coefficient (Wildman–Crippen LogP) is 9.01. The molecule has 3 aromatic rings. The van der Waals surface area contributed by atoms with Gasteiger partial charge in [-0.05, 0) is 72.8 Å². The molecule has 0 unspecified atom stereocenters. The fraction of sp³-hybridized carbons (Fsp3) is 0.0303. The van der Waals surface area contributed by atoms with E-state index in [0.717, 1.165) is 39.9 Å². The van der Waals surface area contributed by atoms with Crippen LogP contribution in [0, 0.1) is 0 Å². The van der Waals surface area contributed by atoms with E-state index < -0.39 is 0 Å². The summed E-state index contributed by atoms with van der Waals surface area (Å²) in [7, 11) is 1.66. The summed E-state index contributed by atoms with van der Waals surface area (Å²) >= 11 is 0. The minimum atomic E-state index is 0.686. The Labute approximate surface area is 220 Å². The Morgan fingerprint density at radius 1 is 0.622 bits per heavy atom. The van der Waals surface area contributed by atoms with Crippen molar-refractivity contribution >= 4 is 22.7 Å². The highest BCUT2D eigenvalue weighted by Crippen LogP contribution is 2.37. The van der Waals surface area contributed by atoms with E-state index in [1.165, 1.54) is 6.26 Å². The number of hydrogen-bond donors (Lipinski definition) is 0. The van der Waals surface area contributed by atoms with Gasteiger partial charge in [-0.15, -0.1) is 0 Å². The summed E-state index contributed by atoms with van der Waals surface area (Å²) in [5.41, 5.74) is 5.46. The van der Waals surface area contributed by atoms with Gasteiger partial charge in [0.15, 0.2) is 0 Å². The van der Waals surface area contributed by atoms with Gasteiger partial charge in [-0.1, -0.05) is 57.2 Å². The van der Waals surface area contributed by atoms with Gasteiger partial charge in [0.2, 0.25) is 0 Å². The predicted molar refractivity (Wildman–Crippen MR) is 158 cm³/mol. The van der Waals surface area contributed by atoms with Crippen molar-refractivity contribution in [1.29, 1.82) is 0 Å². The van der Waals surface area contributed by atoms with Crippen LogP contribution in [0.2, 0.25) is 0 Å². The third kappa shape index (κ3) is 6.38. The molecule has 0 saturated carbocycles. The maximum atomic E-state index is 5.52. The van der Waals surface area contributed by atoms with Crippen LogP contribution in [0.15, 0.2) is 160 Å². The van der Waals surface area contributed by atoms with Gasteiger partial charge in [0.1, 0.15) is 11.5 Å². The molecule has 0 aromatic heterocycles. The Kier molecular flexibility index (Phi) is 9.51. The number of ether oxygens (including phenoxy) is 2. The highest BCUT2D eigenvalue weighted by molar-refractivity contribution is 5.76. The third-order valence-corrected chi connectivity index (χ3v) is 5.48. The molecular formula is C33H32N2O2. The van der Waals surface area contributed by atoms with Gasteiger partial charge in [-0.3, -0.25) is 0 Å². The minimum Gasteiger partial charge on any atom is -0.497 e. The van der Waals surface area contributed by atoms with Crippen LogP contribution >= 0.6 is 0 Å². The first-order chi connectivity index (χ1) is 18.1. The maximum absolute atomic E-state index is 5.52. The molecule has 4 heteroatoms. The first-order valence-corrected chi connectivity index (χ1v) is 11.7. The summed E-state index contributed by atoms with van der Waals surface area (Å²) in [5.74, 6) is 1.45. The summed E-state index contributed by atoms with van der Waals surface area (Å²) in [6.07, 6.45) is 12.3. The van der Waals surface area contributed by atoms with Crippen LogP contribution in [-0.2, 0) is 0 Å². The topological polar surface area (TPSA) is 24.9 Å². The lowest BCUT2D eigenvalue weighted by Gasteiger charge is -2.29. The molecule has 3 aromatic carbocycles. The number of methoxy groups -OCH3 is 1. The zero-order valence-corrected chi connectivity index (χ0v) is 21.2. The molecule has 3 rings (SSSR count). The highest BCUT2D eigenvalue weighted by atomic mass is 16.5. The molecule has 0 spiro atoms. The van der Waals surface area contributed by atoms with Gasteiger partial charge in [-0.2, -0.15) is 0 Å². The molecule has 0 bridgehead atoms. The number of nitrogens with zero attached hydrogens (tertiary/aromatic N) is 2. The molecule has 0 fully saturated rings. The molecule has 37 heavy (non-hydrogen) atoms. The van der Waals surface area contributed by atoms with E-state index >= 15 is 0 Å². The molecule has 4 nitrogen and oxygen atoms in total. The average Bonchev–Trinajstić information content (AvgIpc) is 2.93. The zero-order valence-electron chi connectivity index (χ0n) is 21.2. The van der Waals surface area contributed by atoms with E-state index in [1.54, 1.807) is 31.4 Å². The fourth-order valence-corrected chi connectivity index (χ4v) is 3.90. The molecule has 186 valence electrons. The summed E-state index contributed by atoms with van der Waals surface area (Å²) in [6.45, 7) is 19.4. The van der Waals surface area contributed by atoms with Gasteiger partial charge in [0.25, 0.3) is 0 Å². The molecule has 0 aliphatic heterocycles. The second kappa shape index (κ2) is 13.2. The van der Waals surface area contributed by atoms with E-state index in [4.69, 9.17) is 9.47 Å². The molecule has 0 N–H and O–H groups in total. The smallest absolute Gasteiger partial charge is 0.128 e. The van der Waals surface area contributed by atoms with E-state index in [9.17, 15) is 0 Å². The Morgan fingerprint density at radius 3 is 1.49 bits per heavy atom. The van der Waals surface area contributed by atoms with Crippen molar-refractivity contribution in [3.05, 3.63) is 160 Å². The lowest BCUT2D eigenvalue weighted by atomic mass is 10.1. The van der Waals surface area contributed by atoms with Crippen molar-refractivity contribution in [2.75, 3.05) is 16.9 Å². The lowest BCUT2D eigenvalue weighted by molar-refractivity contribution is 0.415. The first kappa shape index (κ1) is 26.6. The van der Waals surface area contributed by atoms with Gasteiger partial charge in [0.05, 0.1) is 13.4 Å². The van der Waals surface area contributed by atoms with Crippen LogP contribution in [0.25, 0.3) is 0 Å². The molecule has 0 aliphatic carbocycles. The summed E-state index contributed by atoms with van der Waals surface area (Å²) in [4.78, 5) is 4.18. The molecule has 0 amide bonds. The Balaban J connectivity index is 2.14. The normalized spacial score (nSPS) is 11.2. The van der Waals surface area contributed by atoms with Crippen LogP contribution < -0.4 is 19.3 Å². The molecular weight excluding hydrogens is 456 g/mol. The molecule has 0 saturated heterocycles. The van der Waals surface area contributed by atoms with Crippen LogP contribution in [0.1, 0.15) is 0 Å². The number of benzene rings is 3. The fourth-order valence-electron chi connectivity index (χ4n) is 3.90. The van der Waals surface area contributed by atoms with Crippen LogP contribution in [0.3, 0.4) is 0 Å². The van der Waals surface area contributed by atoms with Gasteiger partial charge in [0, 0.05) is 46.3 Å². The van der Waals surface area contributed by atoms with E-state index in [0.29, 0.717) is 5.75 Å². The van der Waals surface area contributed by atoms with E-state index in [1.807, 2.05) is 60.7 Å². The highest BCUT2D eigenvalue weighted by Gasteiger charge is 2.17. The van der Waals surface area contributed by atoms with Gasteiger partial charge >= 0.3 is 0 Å². The van der Waals surface area contributed by atoms with Crippen molar-refractivity contribution in [1.82, 2.24) is 0 Å². The number of allylic oxidation sites excluding steroid dienone is 6. The number of rotatable bonds is 13. The number of hydrogen-bond acceptors (Lipinski definition) is 4. The largest absolute Gasteiger partial charge is 0.497 e. The summed E-state index contributed by atoms with van der Waals surface area (Å²) < 4.78 is 11.0. The Bertz CT molecular complexity index is 1330. The standard InChI is InChI=1S/C33H32N2O2/c1-7-14-26(9-3)34(30-16-12-18-32(24-30)36-6)28-20-22-29(23-21-28)35(27(10-4)15-8-2)31-17-13-19-33(25-31)37-11-5/h7-25H,1-5H2,6H3/b26-14+,27-15+. The maximum Gasteiger partial charge on any atom is 0.128 e. The molecule has 0 heterocycles. The number of anilines is 4. The molecule has 0 atom stereocenters. The average molecular weight is 489 g/mol. The van der Waals surface area contributed by atoms with Crippen molar-refractivity contribution in [2.24, 2.45) is 0 Å². The first-order valence-electron chi connectivity index (χ1n) is 11.7. The van der Waals surface area contributed by atoms with Crippen molar-refractivity contribution in [3.8, 4) is 11.5 Å². The second-order valence-corrected chi connectivity index (χ2v) is 7.73. The molecule has 0 radical (unpaired) electrons.